The average molecular weight is 433 g/mol. The first-order valence-electron chi connectivity index (χ1n) is 10.9. The Kier molecular flexibility index (Phi) is 5.96. The van der Waals surface area contributed by atoms with Crippen LogP contribution in [0.2, 0.25) is 0 Å². The molecule has 2 aromatic heterocycles. The minimum absolute atomic E-state index is 0.0484. The number of hydrogen-bond donors (Lipinski definition) is 0. The van der Waals surface area contributed by atoms with E-state index in [-0.39, 0.29) is 16.2 Å². The zero-order valence-electron chi connectivity index (χ0n) is 18.1. The molecule has 0 saturated carbocycles. The van der Waals surface area contributed by atoms with Crippen LogP contribution in [0.3, 0.4) is 0 Å². The Balaban J connectivity index is 1.69. The van der Waals surface area contributed by atoms with E-state index in [1.165, 1.54) is 6.20 Å². The summed E-state index contributed by atoms with van der Waals surface area (Å²) in [5, 5.41) is 8.65. The fourth-order valence-corrected chi connectivity index (χ4v) is 6.57. The number of piperidine rings is 1. The van der Waals surface area contributed by atoms with Crippen molar-refractivity contribution in [2.75, 3.05) is 26.2 Å². The summed E-state index contributed by atoms with van der Waals surface area (Å²) in [6, 6.07) is 3.81. The van der Waals surface area contributed by atoms with Crippen LogP contribution in [0, 0.1) is 5.41 Å². The minimum Gasteiger partial charge on any atom is -0.317 e. The highest BCUT2D eigenvalue weighted by Gasteiger charge is 2.53. The molecule has 9 heteroatoms. The molecule has 2 saturated heterocycles. The maximum atomic E-state index is 13.4. The fourth-order valence-electron chi connectivity index (χ4n) is 5.05. The Bertz CT molecular complexity index is 951. The van der Waals surface area contributed by atoms with Gasteiger partial charge in [0, 0.05) is 44.0 Å². The van der Waals surface area contributed by atoms with Crippen LogP contribution in [0.1, 0.15) is 51.8 Å². The van der Waals surface area contributed by atoms with E-state index in [9.17, 15) is 8.42 Å². The second-order valence-corrected chi connectivity index (χ2v) is 10.9. The highest BCUT2D eigenvalue weighted by molar-refractivity contribution is 7.89. The third-order valence-electron chi connectivity index (χ3n) is 6.83. The van der Waals surface area contributed by atoms with Gasteiger partial charge in [-0.15, -0.1) is 10.2 Å². The van der Waals surface area contributed by atoms with Crippen molar-refractivity contribution in [3.63, 3.8) is 0 Å². The summed E-state index contributed by atoms with van der Waals surface area (Å²) in [6.45, 7) is 10.4. The fraction of sp³-hybridized carbons (Fsp3) is 0.667. The molecule has 4 heterocycles. The highest BCUT2D eigenvalue weighted by Crippen LogP contribution is 2.50. The van der Waals surface area contributed by atoms with Crippen molar-refractivity contribution in [3.8, 4) is 0 Å². The molecule has 0 N–H and O–H groups in total. The molecule has 4 rings (SSSR count). The number of rotatable bonds is 6. The molecule has 2 aliphatic heterocycles. The van der Waals surface area contributed by atoms with E-state index in [0.29, 0.717) is 19.1 Å². The summed E-state index contributed by atoms with van der Waals surface area (Å²) in [4.78, 5) is 6.77. The molecule has 0 bridgehead atoms. The molecular weight excluding hydrogens is 400 g/mol. The molecule has 0 aromatic carbocycles. The first-order chi connectivity index (χ1) is 14.4. The van der Waals surface area contributed by atoms with Crippen LogP contribution in [-0.4, -0.2) is 69.6 Å². The van der Waals surface area contributed by atoms with E-state index >= 15 is 0 Å². The maximum Gasteiger partial charge on any atom is 0.244 e. The van der Waals surface area contributed by atoms with Gasteiger partial charge in [0.25, 0.3) is 0 Å². The van der Waals surface area contributed by atoms with E-state index in [2.05, 4.69) is 45.4 Å². The number of pyridine rings is 1. The van der Waals surface area contributed by atoms with Crippen molar-refractivity contribution >= 4 is 10.0 Å². The Hall–Kier alpha value is -1.84. The molecule has 1 unspecified atom stereocenters. The summed E-state index contributed by atoms with van der Waals surface area (Å²) < 4.78 is 30.6. The van der Waals surface area contributed by atoms with Crippen molar-refractivity contribution in [1.82, 2.24) is 29.0 Å². The van der Waals surface area contributed by atoms with Crippen LogP contribution in [0.15, 0.2) is 35.7 Å². The zero-order valence-corrected chi connectivity index (χ0v) is 18.9. The smallest absolute Gasteiger partial charge is 0.244 e. The van der Waals surface area contributed by atoms with Gasteiger partial charge in [-0.05, 0) is 63.7 Å². The van der Waals surface area contributed by atoms with E-state index in [4.69, 9.17) is 0 Å². The SMILES string of the molecule is CCCn1cnnc1C1CN(S(=O)(=O)c2cccnc2)CC12CCN(C(C)C)CC2. The molecular formula is C21H32N6O2S. The second-order valence-electron chi connectivity index (χ2n) is 8.91. The first kappa shape index (κ1) is 21.4. The van der Waals surface area contributed by atoms with Crippen LogP contribution < -0.4 is 0 Å². The van der Waals surface area contributed by atoms with Gasteiger partial charge in [0.1, 0.15) is 17.0 Å². The quantitative estimate of drug-likeness (QED) is 0.697. The average Bonchev–Trinajstić information content (AvgIpc) is 3.34. The number of likely N-dealkylation sites (tertiary alicyclic amines) is 1. The van der Waals surface area contributed by atoms with E-state index in [0.717, 1.165) is 44.7 Å². The van der Waals surface area contributed by atoms with Gasteiger partial charge in [0.2, 0.25) is 10.0 Å². The van der Waals surface area contributed by atoms with Gasteiger partial charge in [-0.3, -0.25) is 4.98 Å². The van der Waals surface area contributed by atoms with E-state index in [1.54, 1.807) is 29.0 Å². The monoisotopic (exact) mass is 432 g/mol. The summed E-state index contributed by atoms with van der Waals surface area (Å²) in [7, 11) is -3.59. The largest absolute Gasteiger partial charge is 0.317 e. The normalized spacial score (nSPS) is 22.9. The summed E-state index contributed by atoms with van der Waals surface area (Å²) in [6.07, 6.45) is 7.75. The molecule has 2 fully saturated rings. The topological polar surface area (TPSA) is 84.2 Å². The molecule has 2 aromatic rings. The number of hydrogen-bond acceptors (Lipinski definition) is 6. The lowest BCUT2D eigenvalue weighted by atomic mass is 9.70. The predicted octanol–water partition coefficient (Wildman–Crippen LogP) is 2.36. The van der Waals surface area contributed by atoms with Crippen molar-refractivity contribution in [3.05, 3.63) is 36.7 Å². The Morgan fingerprint density at radius 3 is 2.67 bits per heavy atom. The Morgan fingerprint density at radius 2 is 2.03 bits per heavy atom. The van der Waals surface area contributed by atoms with Gasteiger partial charge in [-0.1, -0.05) is 6.92 Å². The molecule has 1 spiro atoms. The lowest BCUT2D eigenvalue weighted by Crippen LogP contribution is -2.46. The van der Waals surface area contributed by atoms with Crippen LogP contribution in [0.4, 0.5) is 0 Å². The Morgan fingerprint density at radius 1 is 1.27 bits per heavy atom. The number of aryl methyl sites for hydroxylation is 1. The molecule has 30 heavy (non-hydrogen) atoms. The van der Waals surface area contributed by atoms with Gasteiger partial charge in [0.05, 0.1) is 0 Å². The standard InChI is InChI=1S/C21H32N6O2S/c1-4-10-26-16-23-24-20(26)19-14-27(30(28,29)18-6-5-9-22-13-18)15-21(19)7-11-25(12-8-21)17(2)3/h5-6,9,13,16-17,19H,4,7-8,10-12,14-15H2,1-3H3. The second kappa shape index (κ2) is 8.36. The van der Waals surface area contributed by atoms with Gasteiger partial charge in [0.15, 0.2) is 0 Å². The number of aromatic nitrogens is 4. The molecule has 8 nitrogen and oxygen atoms in total. The third-order valence-corrected chi connectivity index (χ3v) is 8.63. The lowest BCUT2D eigenvalue weighted by Gasteiger charge is -2.43. The van der Waals surface area contributed by atoms with Crippen LogP contribution in [0.25, 0.3) is 0 Å². The first-order valence-corrected chi connectivity index (χ1v) is 12.3. The van der Waals surface area contributed by atoms with Crippen molar-refractivity contribution in [2.45, 2.75) is 63.4 Å². The highest BCUT2D eigenvalue weighted by atomic mass is 32.2. The third kappa shape index (κ3) is 3.78. The van der Waals surface area contributed by atoms with Gasteiger partial charge in [-0.25, -0.2) is 8.42 Å². The van der Waals surface area contributed by atoms with Gasteiger partial charge < -0.3 is 9.47 Å². The summed E-state index contributed by atoms with van der Waals surface area (Å²) in [5.74, 6) is 0.978. The van der Waals surface area contributed by atoms with Crippen LogP contribution >= 0.6 is 0 Å². The van der Waals surface area contributed by atoms with Crippen molar-refractivity contribution in [2.24, 2.45) is 5.41 Å². The number of nitrogens with zero attached hydrogens (tertiary/aromatic N) is 6. The minimum atomic E-state index is -3.59. The van der Waals surface area contributed by atoms with Crippen LogP contribution in [0.5, 0.6) is 0 Å². The molecule has 0 aliphatic carbocycles. The molecule has 1 atom stereocenters. The zero-order chi connectivity index (χ0) is 21.4. The Labute approximate surface area is 179 Å². The van der Waals surface area contributed by atoms with Crippen LogP contribution in [-0.2, 0) is 16.6 Å². The molecule has 0 radical (unpaired) electrons. The number of sulfonamides is 1. The molecule has 2 aliphatic rings. The molecule has 164 valence electrons. The van der Waals surface area contributed by atoms with Crippen molar-refractivity contribution in [1.29, 1.82) is 0 Å². The van der Waals surface area contributed by atoms with Crippen molar-refractivity contribution < 1.29 is 8.42 Å². The maximum absolute atomic E-state index is 13.4. The van der Waals surface area contributed by atoms with Gasteiger partial charge in [-0.2, -0.15) is 4.31 Å². The lowest BCUT2D eigenvalue weighted by molar-refractivity contribution is 0.0789. The van der Waals surface area contributed by atoms with Gasteiger partial charge >= 0.3 is 0 Å². The molecule has 0 amide bonds. The predicted molar refractivity (Wildman–Crippen MR) is 114 cm³/mol. The summed E-state index contributed by atoms with van der Waals surface area (Å²) in [5.41, 5.74) is -0.112. The summed E-state index contributed by atoms with van der Waals surface area (Å²) >= 11 is 0. The van der Waals surface area contributed by atoms with E-state index in [1.807, 2.05) is 0 Å². The van der Waals surface area contributed by atoms with E-state index < -0.39 is 10.0 Å².